The summed E-state index contributed by atoms with van der Waals surface area (Å²) in [6.45, 7) is 7.40. The quantitative estimate of drug-likeness (QED) is 0.552. The van der Waals surface area contributed by atoms with Crippen molar-refractivity contribution in [1.29, 1.82) is 0 Å². The van der Waals surface area contributed by atoms with Gasteiger partial charge in [-0.05, 0) is 37.5 Å². The second-order valence-electron chi connectivity index (χ2n) is 10.6. The van der Waals surface area contributed by atoms with Crippen LogP contribution in [-0.2, 0) is 28.5 Å². The molecule has 162 valence electrons. The molecule has 7 aliphatic rings. The summed E-state index contributed by atoms with van der Waals surface area (Å²) in [5.74, 6) is 0.513. The molecule has 2 spiro atoms. The van der Waals surface area contributed by atoms with Crippen molar-refractivity contribution < 1.29 is 33.6 Å². The lowest BCUT2D eigenvalue weighted by molar-refractivity contribution is -0.375. The van der Waals surface area contributed by atoms with Gasteiger partial charge in [-0.25, -0.2) is 0 Å². The second-order valence-corrected chi connectivity index (χ2v) is 10.6. The molecular weight excluding hydrogens is 376 g/mol. The van der Waals surface area contributed by atoms with Gasteiger partial charge in [0.05, 0.1) is 30.8 Å². The molecular formula is C22H32O7. The Morgan fingerprint density at radius 1 is 1.21 bits per heavy atom. The first-order chi connectivity index (χ1) is 13.8. The van der Waals surface area contributed by atoms with Crippen LogP contribution in [0.5, 0.6) is 0 Å². The van der Waals surface area contributed by atoms with Crippen LogP contribution in [0.3, 0.4) is 0 Å². The summed E-state index contributed by atoms with van der Waals surface area (Å²) in [7, 11) is 0. The average Bonchev–Trinajstić information content (AvgIpc) is 3.09. The summed E-state index contributed by atoms with van der Waals surface area (Å²) >= 11 is 0. The van der Waals surface area contributed by atoms with Crippen molar-refractivity contribution in [2.24, 2.45) is 28.6 Å². The van der Waals surface area contributed by atoms with E-state index in [4.69, 9.17) is 23.7 Å². The van der Waals surface area contributed by atoms with E-state index in [-0.39, 0.29) is 41.7 Å². The normalized spacial score (nSPS) is 60.1. The smallest absolute Gasteiger partial charge is 0.302 e. The van der Waals surface area contributed by atoms with Crippen LogP contribution < -0.4 is 0 Å². The summed E-state index contributed by atoms with van der Waals surface area (Å²) in [4.78, 5) is 12.0. The van der Waals surface area contributed by atoms with E-state index in [1.165, 1.54) is 6.92 Å². The fourth-order valence-electron chi connectivity index (χ4n) is 7.98. The van der Waals surface area contributed by atoms with Crippen LogP contribution in [0.4, 0.5) is 0 Å². The first-order valence-electron chi connectivity index (χ1n) is 11.2. The van der Waals surface area contributed by atoms with Crippen LogP contribution in [0, 0.1) is 28.6 Å². The summed E-state index contributed by atoms with van der Waals surface area (Å²) in [5.41, 5.74) is -1.37. The second kappa shape index (κ2) is 5.94. The number of aliphatic hydroxyl groups is 1. The lowest BCUT2D eigenvalue weighted by Crippen LogP contribution is -2.76. The van der Waals surface area contributed by atoms with Gasteiger partial charge < -0.3 is 28.8 Å². The van der Waals surface area contributed by atoms with Gasteiger partial charge in [0.15, 0.2) is 12.6 Å². The van der Waals surface area contributed by atoms with Crippen LogP contribution in [0.25, 0.3) is 0 Å². The summed E-state index contributed by atoms with van der Waals surface area (Å²) in [5, 5.41) is 11.3. The Bertz CT molecular complexity index is 710. The minimum Gasteiger partial charge on any atom is -0.462 e. The topological polar surface area (TPSA) is 86.8 Å². The highest BCUT2D eigenvalue weighted by Gasteiger charge is 2.82. The van der Waals surface area contributed by atoms with Crippen LogP contribution >= 0.6 is 0 Å². The van der Waals surface area contributed by atoms with Crippen LogP contribution in [-0.4, -0.2) is 60.8 Å². The fourth-order valence-corrected chi connectivity index (χ4v) is 7.98. The molecule has 0 amide bonds. The maximum atomic E-state index is 12.0. The number of carbonyl (C=O) groups is 1. The number of rotatable bonds is 2. The third-order valence-corrected chi connectivity index (χ3v) is 9.53. The van der Waals surface area contributed by atoms with E-state index >= 15 is 0 Å². The minimum absolute atomic E-state index is 0.0286. The Balaban J connectivity index is 1.45. The average molecular weight is 408 g/mol. The van der Waals surface area contributed by atoms with Crippen molar-refractivity contribution in [3.63, 3.8) is 0 Å². The van der Waals surface area contributed by atoms with Gasteiger partial charge >= 0.3 is 5.97 Å². The SMILES string of the molecule is CC(=O)O[C@@H]1C[C@@H](C)[C@@](C)([C@H]2C[C@H]3CCO[C@H]3O2)[C@@H]2C[C@H]3C[C@]4(CO4)[C@@]12[C@@H](O)O3. The molecule has 7 rings (SSSR count). The zero-order chi connectivity index (χ0) is 20.2. The minimum atomic E-state index is -0.990. The van der Waals surface area contributed by atoms with Crippen LogP contribution in [0.1, 0.15) is 52.9 Å². The third kappa shape index (κ3) is 2.23. The van der Waals surface area contributed by atoms with Gasteiger partial charge in [0.1, 0.15) is 11.7 Å². The van der Waals surface area contributed by atoms with Gasteiger partial charge in [-0.15, -0.1) is 0 Å². The number of ether oxygens (including phenoxy) is 5. The standard InChI is InChI=1S/C22H32O7/c1-11-6-17(27-12(2)23)22-15(8-14(28-19(22)24)9-21(22)10-26-21)20(11,3)16-7-13-4-5-25-18(13)29-16/h11,13-19,24H,4-10H2,1-3H3/t11-,13-,14+,15+,16-,17-,18+,19+,20-,21+,22-/m1/s1. The predicted octanol–water partition coefficient (Wildman–Crippen LogP) is 2.00. The molecule has 0 aromatic heterocycles. The lowest BCUT2D eigenvalue weighted by atomic mass is 9.40. The van der Waals surface area contributed by atoms with Gasteiger partial charge in [-0.1, -0.05) is 13.8 Å². The predicted molar refractivity (Wildman–Crippen MR) is 99.5 cm³/mol. The molecule has 5 aliphatic heterocycles. The van der Waals surface area contributed by atoms with E-state index in [0.29, 0.717) is 18.9 Å². The van der Waals surface area contributed by atoms with Gasteiger partial charge in [-0.3, -0.25) is 4.79 Å². The van der Waals surface area contributed by atoms with E-state index in [1.807, 2.05) is 0 Å². The largest absolute Gasteiger partial charge is 0.462 e. The summed E-state index contributed by atoms with van der Waals surface area (Å²) in [6.07, 6.45) is 2.87. The number of epoxide rings is 1. The van der Waals surface area contributed by atoms with Gasteiger partial charge in [0, 0.05) is 24.7 Å². The summed E-state index contributed by atoms with van der Waals surface area (Å²) in [6, 6.07) is 0. The Morgan fingerprint density at radius 3 is 2.69 bits per heavy atom. The Morgan fingerprint density at radius 2 is 2.00 bits per heavy atom. The molecule has 2 bridgehead atoms. The molecule has 2 aliphatic carbocycles. The molecule has 2 saturated carbocycles. The molecule has 0 unspecified atom stereocenters. The van der Waals surface area contributed by atoms with E-state index in [0.717, 1.165) is 32.3 Å². The van der Waals surface area contributed by atoms with Crippen molar-refractivity contribution in [3.05, 3.63) is 0 Å². The lowest BCUT2D eigenvalue weighted by Gasteiger charge is -2.68. The number of carbonyl (C=O) groups excluding carboxylic acids is 1. The van der Waals surface area contributed by atoms with E-state index < -0.39 is 23.4 Å². The Hall–Kier alpha value is -0.730. The first kappa shape index (κ1) is 19.0. The van der Waals surface area contributed by atoms with Gasteiger partial charge in [0.2, 0.25) is 0 Å². The molecule has 7 nitrogen and oxygen atoms in total. The molecule has 29 heavy (non-hydrogen) atoms. The molecule has 5 saturated heterocycles. The molecule has 0 aromatic carbocycles. The van der Waals surface area contributed by atoms with Gasteiger partial charge in [0.25, 0.3) is 0 Å². The molecule has 0 aromatic rings. The zero-order valence-corrected chi connectivity index (χ0v) is 17.5. The molecule has 1 N–H and O–H groups in total. The van der Waals surface area contributed by atoms with Crippen molar-refractivity contribution in [2.75, 3.05) is 13.2 Å². The van der Waals surface area contributed by atoms with E-state index in [1.54, 1.807) is 0 Å². The fraction of sp³-hybridized carbons (Fsp3) is 0.955. The van der Waals surface area contributed by atoms with Crippen molar-refractivity contribution in [3.8, 4) is 0 Å². The van der Waals surface area contributed by atoms with Crippen molar-refractivity contribution in [1.82, 2.24) is 0 Å². The zero-order valence-electron chi connectivity index (χ0n) is 17.5. The highest BCUT2D eigenvalue weighted by molar-refractivity contribution is 5.66. The molecule has 11 atom stereocenters. The van der Waals surface area contributed by atoms with Crippen LogP contribution in [0.2, 0.25) is 0 Å². The monoisotopic (exact) mass is 408 g/mol. The molecule has 5 heterocycles. The highest BCUT2D eigenvalue weighted by Crippen LogP contribution is 2.73. The van der Waals surface area contributed by atoms with Crippen molar-refractivity contribution >= 4 is 5.97 Å². The number of hydrogen-bond acceptors (Lipinski definition) is 7. The maximum Gasteiger partial charge on any atom is 0.302 e. The first-order valence-corrected chi connectivity index (χ1v) is 11.2. The van der Waals surface area contributed by atoms with Gasteiger partial charge in [-0.2, -0.15) is 0 Å². The number of fused-ring (bicyclic) bond motifs is 2. The molecule has 0 radical (unpaired) electrons. The summed E-state index contributed by atoms with van der Waals surface area (Å²) < 4.78 is 30.3. The maximum absolute atomic E-state index is 12.0. The highest BCUT2D eigenvalue weighted by atomic mass is 16.7. The Labute approximate surface area is 171 Å². The number of hydrogen-bond donors (Lipinski definition) is 1. The molecule has 7 heteroatoms. The van der Waals surface area contributed by atoms with Crippen molar-refractivity contribution in [2.45, 2.75) is 89.4 Å². The van der Waals surface area contributed by atoms with Crippen LogP contribution in [0.15, 0.2) is 0 Å². The number of esters is 1. The molecule has 7 fully saturated rings. The van der Waals surface area contributed by atoms with E-state index in [9.17, 15) is 9.90 Å². The van der Waals surface area contributed by atoms with E-state index in [2.05, 4.69) is 13.8 Å². The number of aliphatic hydroxyl groups excluding tert-OH is 1. The third-order valence-electron chi connectivity index (χ3n) is 9.53. The Kier molecular flexibility index (Phi) is 3.89.